The van der Waals surface area contributed by atoms with Gasteiger partial charge in [0, 0.05) is 54.2 Å². The van der Waals surface area contributed by atoms with Gasteiger partial charge in [-0.1, -0.05) is 24.3 Å². The first-order chi connectivity index (χ1) is 14.8. The molecule has 0 saturated heterocycles. The van der Waals surface area contributed by atoms with Gasteiger partial charge in [-0.25, -0.2) is 0 Å². The first-order valence-electron chi connectivity index (χ1n) is 10.1. The Morgan fingerprint density at radius 2 is 1.65 bits per heavy atom. The van der Waals surface area contributed by atoms with Crippen LogP contribution < -0.4 is 9.08 Å². The van der Waals surface area contributed by atoms with Crippen molar-refractivity contribution in [1.82, 2.24) is 9.88 Å². The molecule has 0 bridgehead atoms. The molecule has 4 rings (SSSR count). The van der Waals surface area contributed by atoms with Crippen molar-refractivity contribution in [1.29, 1.82) is 0 Å². The van der Waals surface area contributed by atoms with Crippen LogP contribution in [0.2, 0.25) is 0 Å². The summed E-state index contributed by atoms with van der Waals surface area (Å²) >= 11 is 0. The lowest BCUT2D eigenvalue weighted by Crippen LogP contribution is -2.14. The third-order valence-corrected chi connectivity index (χ3v) is 6.69. The van der Waals surface area contributed by atoms with Gasteiger partial charge < -0.3 is 19.0 Å². The molecule has 6 nitrogen and oxygen atoms in total. The highest BCUT2D eigenvalue weighted by atomic mass is 32.2. The summed E-state index contributed by atoms with van der Waals surface area (Å²) in [6.45, 7) is 0.903. The normalized spacial score (nSPS) is 12.0. The van der Waals surface area contributed by atoms with E-state index >= 15 is 0 Å². The number of anilines is 1. The Hall–Kier alpha value is -3.03. The van der Waals surface area contributed by atoms with Crippen molar-refractivity contribution >= 4 is 37.5 Å². The summed E-state index contributed by atoms with van der Waals surface area (Å²) in [4.78, 5) is 7.49. The van der Waals surface area contributed by atoms with Gasteiger partial charge in [-0.2, -0.15) is 8.42 Å². The molecule has 4 aromatic rings. The molecule has 0 aliphatic heterocycles. The molecular weight excluding hydrogens is 410 g/mol. The Bertz CT molecular complexity index is 1340. The van der Waals surface area contributed by atoms with E-state index in [2.05, 4.69) is 9.88 Å². The van der Waals surface area contributed by atoms with Gasteiger partial charge in [0.15, 0.2) is 0 Å². The van der Waals surface area contributed by atoms with Crippen molar-refractivity contribution in [3.63, 3.8) is 0 Å². The maximum atomic E-state index is 13.2. The van der Waals surface area contributed by atoms with Gasteiger partial charge in [-0.15, -0.1) is 0 Å². The number of rotatable bonds is 7. The molecule has 0 aliphatic carbocycles. The van der Waals surface area contributed by atoms with Crippen LogP contribution in [-0.2, 0) is 16.5 Å². The van der Waals surface area contributed by atoms with Crippen molar-refractivity contribution in [2.75, 3.05) is 39.6 Å². The van der Waals surface area contributed by atoms with Gasteiger partial charge in [0.2, 0.25) is 0 Å². The van der Waals surface area contributed by atoms with Gasteiger partial charge >= 0.3 is 10.1 Å². The minimum atomic E-state index is -4.01. The van der Waals surface area contributed by atoms with Gasteiger partial charge in [0.05, 0.1) is 0 Å². The average Bonchev–Trinajstić information content (AvgIpc) is 3.13. The van der Waals surface area contributed by atoms with E-state index in [1.807, 2.05) is 69.6 Å². The molecule has 0 fully saturated rings. The molecule has 0 aliphatic rings. The van der Waals surface area contributed by atoms with Crippen molar-refractivity contribution in [3.05, 3.63) is 66.4 Å². The highest BCUT2D eigenvalue weighted by molar-refractivity contribution is 7.87. The van der Waals surface area contributed by atoms with E-state index in [9.17, 15) is 8.42 Å². The summed E-state index contributed by atoms with van der Waals surface area (Å²) in [5, 5.41) is 2.48. The lowest BCUT2D eigenvalue weighted by Gasteiger charge is -2.17. The Kier molecular flexibility index (Phi) is 5.64. The number of aromatic amines is 1. The fraction of sp³-hybridized carbons (Fsp3) is 0.250. The van der Waals surface area contributed by atoms with Crippen LogP contribution in [0.3, 0.4) is 0 Å². The van der Waals surface area contributed by atoms with Gasteiger partial charge in [0.1, 0.15) is 10.6 Å². The second-order valence-electron chi connectivity index (χ2n) is 8.13. The number of likely N-dealkylation sites (N-methyl/N-ethyl adjacent to an activating group) is 1. The van der Waals surface area contributed by atoms with E-state index < -0.39 is 10.1 Å². The standard InChI is InChI=1S/C24H27N3O3S/c1-26(2)14-13-17-16-25-22-12-11-18(15-21(17)22)30-31(28,29)24-10-6-7-19-20(24)8-5-9-23(19)27(3)4/h5-12,15-16,25H,13-14H2,1-4H3. The maximum Gasteiger partial charge on any atom is 0.339 e. The monoisotopic (exact) mass is 437 g/mol. The predicted octanol–water partition coefficient (Wildman–Crippen LogP) is 4.26. The molecule has 0 atom stereocenters. The lowest BCUT2D eigenvalue weighted by atomic mass is 10.1. The Balaban J connectivity index is 1.72. The summed E-state index contributed by atoms with van der Waals surface area (Å²) < 4.78 is 32.0. The molecule has 0 radical (unpaired) electrons. The summed E-state index contributed by atoms with van der Waals surface area (Å²) in [5.74, 6) is 0.305. The van der Waals surface area contributed by atoms with Crippen LogP contribution in [0.15, 0.2) is 65.7 Å². The Labute approximate surface area is 183 Å². The van der Waals surface area contributed by atoms with Crippen molar-refractivity contribution < 1.29 is 12.6 Å². The number of aromatic nitrogens is 1. The van der Waals surface area contributed by atoms with E-state index in [1.165, 1.54) is 0 Å². The summed E-state index contributed by atoms with van der Waals surface area (Å²) in [5.41, 5.74) is 3.04. The Morgan fingerprint density at radius 3 is 2.39 bits per heavy atom. The Morgan fingerprint density at radius 1 is 0.903 bits per heavy atom. The number of benzene rings is 3. The first-order valence-corrected chi connectivity index (χ1v) is 11.6. The number of nitrogens with zero attached hydrogens (tertiary/aromatic N) is 2. The smallest absolute Gasteiger partial charge is 0.339 e. The second-order valence-corrected chi connectivity index (χ2v) is 9.65. The van der Waals surface area contributed by atoms with Gasteiger partial charge in [0.25, 0.3) is 0 Å². The van der Waals surface area contributed by atoms with Crippen LogP contribution in [0.1, 0.15) is 5.56 Å². The maximum absolute atomic E-state index is 13.2. The fourth-order valence-corrected chi connectivity index (χ4v) is 4.94. The average molecular weight is 438 g/mol. The zero-order chi connectivity index (χ0) is 22.2. The number of hydrogen-bond acceptors (Lipinski definition) is 5. The number of H-pyrrole nitrogens is 1. The van der Waals surface area contributed by atoms with Crippen LogP contribution in [0.4, 0.5) is 5.69 Å². The van der Waals surface area contributed by atoms with Crippen LogP contribution in [0.5, 0.6) is 5.75 Å². The summed E-state index contributed by atoms with van der Waals surface area (Å²) in [7, 11) is 3.92. The van der Waals surface area contributed by atoms with Crippen LogP contribution >= 0.6 is 0 Å². The minimum Gasteiger partial charge on any atom is -0.379 e. The molecule has 0 unspecified atom stereocenters. The molecule has 7 heteroatoms. The molecule has 1 aromatic heterocycles. The highest BCUT2D eigenvalue weighted by Crippen LogP contribution is 2.32. The highest BCUT2D eigenvalue weighted by Gasteiger charge is 2.21. The molecule has 162 valence electrons. The molecule has 1 heterocycles. The zero-order valence-corrected chi connectivity index (χ0v) is 19.0. The van der Waals surface area contributed by atoms with E-state index in [-0.39, 0.29) is 4.90 Å². The molecule has 31 heavy (non-hydrogen) atoms. The topological polar surface area (TPSA) is 65.6 Å². The summed E-state index contributed by atoms with van der Waals surface area (Å²) in [6.07, 6.45) is 2.83. The lowest BCUT2D eigenvalue weighted by molar-refractivity contribution is 0.414. The third kappa shape index (κ3) is 4.24. The number of fused-ring (bicyclic) bond motifs is 2. The molecule has 0 amide bonds. The first kappa shape index (κ1) is 21.2. The van der Waals surface area contributed by atoms with Gasteiger partial charge in [-0.05, 0) is 56.4 Å². The SMILES string of the molecule is CN(C)CCc1c[nH]c2ccc(OS(=O)(=O)c3cccc4c(N(C)C)cccc34)cc12. The zero-order valence-electron chi connectivity index (χ0n) is 18.2. The number of hydrogen-bond donors (Lipinski definition) is 1. The summed E-state index contributed by atoms with van der Waals surface area (Å²) in [6, 6.07) is 16.2. The predicted molar refractivity (Wildman–Crippen MR) is 127 cm³/mol. The van der Waals surface area contributed by atoms with Crippen molar-refractivity contribution in [3.8, 4) is 5.75 Å². The second kappa shape index (κ2) is 8.24. The fourth-order valence-electron chi connectivity index (χ4n) is 3.80. The van der Waals surface area contributed by atoms with Crippen molar-refractivity contribution in [2.24, 2.45) is 0 Å². The molecule has 0 saturated carbocycles. The van der Waals surface area contributed by atoms with Crippen molar-refractivity contribution in [2.45, 2.75) is 11.3 Å². The third-order valence-electron chi connectivity index (χ3n) is 5.38. The number of nitrogens with one attached hydrogen (secondary N) is 1. The molecule has 3 aromatic carbocycles. The van der Waals surface area contributed by atoms with Crippen LogP contribution in [0.25, 0.3) is 21.7 Å². The molecular formula is C24H27N3O3S. The largest absolute Gasteiger partial charge is 0.379 e. The van der Waals surface area contributed by atoms with E-state index in [4.69, 9.17) is 4.18 Å². The van der Waals surface area contributed by atoms with E-state index in [0.717, 1.165) is 40.5 Å². The van der Waals surface area contributed by atoms with Crippen LogP contribution in [-0.4, -0.2) is 53.0 Å². The van der Waals surface area contributed by atoms with Crippen LogP contribution in [0, 0.1) is 0 Å². The molecule has 0 spiro atoms. The van der Waals surface area contributed by atoms with E-state index in [1.54, 1.807) is 24.3 Å². The van der Waals surface area contributed by atoms with Gasteiger partial charge in [-0.3, -0.25) is 0 Å². The molecule has 1 N–H and O–H groups in total. The van der Waals surface area contributed by atoms with E-state index in [0.29, 0.717) is 11.1 Å². The minimum absolute atomic E-state index is 0.163. The quantitative estimate of drug-likeness (QED) is 0.438.